The molecule has 0 aliphatic heterocycles. The van der Waals surface area contributed by atoms with Gasteiger partial charge in [0.05, 0.1) is 13.3 Å². The first kappa shape index (κ1) is 17.7. The van der Waals surface area contributed by atoms with Gasteiger partial charge in [-0.25, -0.2) is 14.5 Å². The number of nitrogen functional groups attached to an aromatic ring is 1. The molecule has 1 aromatic heterocycles. The van der Waals surface area contributed by atoms with Crippen LogP contribution < -0.4 is 16.0 Å². The number of hydrazone groups is 1. The number of halogens is 1. The molecular formula is C17H17FN6OS. The van der Waals surface area contributed by atoms with Crippen LogP contribution in [0.1, 0.15) is 11.1 Å². The SMILES string of the molecule is COc1ccccc1/C=N/Nc1nnc(SCc2ccc(F)cc2)n1N. The lowest BCUT2D eigenvalue weighted by molar-refractivity contribution is 0.414. The van der Waals surface area contributed by atoms with Crippen LogP contribution in [0.2, 0.25) is 0 Å². The summed E-state index contributed by atoms with van der Waals surface area (Å²) in [4.78, 5) is 0. The fraction of sp³-hybridized carbons (Fsp3) is 0.118. The molecule has 7 nitrogen and oxygen atoms in total. The van der Waals surface area contributed by atoms with E-state index in [0.717, 1.165) is 11.1 Å². The molecule has 0 bridgehead atoms. The van der Waals surface area contributed by atoms with Gasteiger partial charge in [-0.2, -0.15) is 5.10 Å². The number of hydrogen-bond acceptors (Lipinski definition) is 7. The van der Waals surface area contributed by atoms with E-state index < -0.39 is 0 Å². The predicted octanol–water partition coefficient (Wildman–Crippen LogP) is 2.88. The average Bonchev–Trinajstić information content (AvgIpc) is 3.01. The van der Waals surface area contributed by atoms with Crippen LogP contribution in [0.15, 0.2) is 58.8 Å². The van der Waals surface area contributed by atoms with Crippen molar-refractivity contribution >= 4 is 23.9 Å². The molecule has 0 saturated heterocycles. The molecule has 1 heterocycles. The third-order valence-electron chi connectivity index (χ3n) is 3.45. The number of thioether (sulfide) groups is 1. The van der Waals surface area contributed by atoms with Gasteiger partial charge < -0.3 is 10.6 Å². The van der Waals surface area contributed by atoms with Crippen molar-refractivity contribution in [3.63, 3.8) is 0 Å². The molecule has 0 aliphatic rings. The van der Waals surface area contributed by atoms with Gasteiger partial charge in [-0.15, -0.1) is 10.2 Å². The van der Waals surface area contributed by atoms with E-state index in [-0.39, 0.29) is 5.82 Å². The first-order valence-corrected chi connectivity index (χ1v) is 8.66. The van der Waals surface area contributed by atoms with Gasteiger partial charge in [0.15, 0.2) is 0 Å². The Morgan fingerprint density at radius 1 is 1.23 bits per heavy atom. The van der Waals surface area contributed by atoms with Crippen LogP contribution in [0.4, 0.5) is 10.3 Å². The highest BCUT2D eigenvalue weighted by Gasteiger charge is 2.10. The smallest absolute Gasteiger partial charge is 0.264 e. The van der Waals surface area contributed by atoms with Gasteiger partial charge in [-0.05, 0) is 29.8 Å². The van der Waals surface area contributed by atoms with Crippen LogP contribution in [0, 0.1) is 5.82 Å². The number of methoxy groups -OCH3 is 1. The van der Waals surface area contributed by atoms with Gasteiger partial charge in [0, 0.05) is 11.3 Å². The predicted molar refractivity (Wildman–Crippen MR) is 100 cm³/mol. The Kier molecular flexibility index (Phi) is 5.69. The minimum absolute atomic E-state index is 0.264. The van der Waals surface area contributed by atoms with Crippen LogP contribution in [0.3, 0.4) is 0 Å². The number of nitrogens with zero attached hydrogens (tertiary/aromatic N) is 4. The van der Waals surface area contributed by atoms with Crippen molar-refractivity contribution in [2.24, 2.45) is 5.10 Å². The molecule has 0 atom stereocenters. The molecule has 3 N–H and O–H groups in total. The number of nitrogens with two attached hydrogens (primary N) is 1. The zero-order valence-electron chi connectivity index (χ0n) is 14.0. The van der Waals surface area contributed by atoms with E-state index >= 15 is 0 Å². The fourth-order valence-corrected chi connectivity index (χ4v) is 2.93. The van der Waals surface area contributed by atoms with Crippen molar-refractivity contribution < 1.29 is 9.13 Å². The summed E-state index contributed by atoms with van der Waals surface area (Å²) in [6.45, 7) is 0. The minimum atomic E-state index is -0.264. The van der Waals surface area contributed by atoms with E-state index in [9.17, 15) is 4.39 Å². The van der Waals surface area contributed by atoms with Gasteiger partial charge in [-0.3, -0.25) is 0 Å². The summed E-state index contributed by atoms with van der Waals surface area (Å²) in [7, 11) is 1.60. The van der Waals surface area contributed by atoms with E-state index in [1.165, 1.54) is 28.6 Å². The number of aromatic nitrogens is 3. The monoisotopic (exact) mass is 372 g/mol. The molecule has 3 rings (SSSR count). The Hall–Kier alpha value is -3.07. The second-order valence-electron chi connectivity index (χ2n) is 5.20. The highest BCUT2D eigenvalue weighted by molar-refractivity contribution is 7.98. The molecular weight excluding hydrogens is 355 g/mol. The van der Waals surface area contributed by atoms with Crippen molar-refractivity contribution in [1.29, 1.82) is 0 Å². The van der Waals surface area contributed by atoms with Gasteiger partial charge in [0.1, 0.15) is 11.6 Å². The summed E-state index contributed by atoms with van der Waals surface area (Å²) in [5.74, 6) is 7.32. The van der Waals surface area contributed by atoms with E-state index in [1.54, 1.807) is 25.5 Å². The summed E-state index contributed by atoms with van der Waals surface area (Å²) in [5.41, 5.74) is 4.53. The average molecular weight is 372 g/mol. The second kappa shape index (κ2) is 8.34. The third-order valence-corrected chi connectivity index (χ3v) is 4.47. The molecule has 0 amide bonds. The number of ether oxygens (including phenoxy) is 1. The zero-order chi connectivity index (χ0) is 18.4. The number of hydrogen-bond donors (Lipinski definition) is 2. The molecule has 0 aliphatic carbocycles. The number of benzene rings is 2. The molecule has 0 spiro atoms. The number of nitrogens with one attached hydrogen (secondary N) is 1. The summed E-state index contributed by atoms with van der Waals surface area (Å²) in [5, 5.41) is 12.6. The Labute approximate surface area is 154 Å². The molecule has 0 saturated carbocycles. The Bertz CT molecular complexity index is 897. The fourth-order valence-electron chi connectivity index (χ4n) is 2.11. The molecule has 26 heavy (non-hydrogen) atoms. The Morgan fingerprint density at radius 2 is 2.00 bits per heavy atom. The number of anilines is 1. The largest absolute Gasteiger partial charge is 0.496 e. The first-order chi connectivity index (χ1) is 12.7. The Balaban J connectivity index is 1.61. The highest BCUT2D eigenvalue weighted by Crippen LogP contribution is 2.22. The second-order valence-corrected chi connectivity index (χ2v) is 6.15. The zero-order valence-corrected chi connectivity index (χ0v) is 14.8. The lowest BCUT2D eigenvalue weighted by atomic mass is 10.2. The molecule has 2 aromatic carbocycles. The molecule has 0 unspecified atom stereocenters. The summed E-state index contributed by atoms with van der Waals surface area (Å²) < 4.78 is 19.5. The summed E-state index contributed by atoms with van der Waals surface area (Å²) in [6.07, 6.45) is 1.61. The van der Waals surface area contributed by atoms with Crippen LogP contribution >= 0.6 is 11.8 Å². The van der Waals surface area contributed by atoms with Gasteiger partial charge in [-0.1, -0.05) is 36.0 Å². The molecule has 0 radical (unpaired) electrons. The molecule has 9 heteroatoms. The van der Waals surface area contributed by atoms with Crippen LogP contribution in [-0.4, -0.2) is 28.2 Å². The maximum Gasteiger partial charge on any atom is 0.264 e. The third kappa shape index (κ3) is 4.31. The van der Waals surface area contributed by atoms with E-state index in [1.807, 2.05) is 24.3 Å². The van der Waals surface area contributed by atoms with Crippen molar-refractivity contribution in [3.8, 4) is 5.75 Å². The normalized spacial score (nSPS) is 11.0. The first-order valence-electron chi connectivity index (χ1n) is 7.67. The quantitative estimate of drug-likeness (QED) is 0.287. The molecule has 0 fully saturated rings. The lowest BCUT2D eigenvalue weighted by Crippen LogP contribution is -2.13. The van der Waals surface area contributed by atoms with Gasteiger partial charge in [0.25, 0.3) is 5.95 Å². The maximum atomic E-state index is 12.9. The topological polar surface area (TPSA) is 90.3 Å². The lowest BCUT2D eigenvalue weighted by Gasteiger charge is -2.04. The van der Waals surface area contributed by atoms with Crippen molar-refractivity contribution in [2.45, 2.75) is 10.9 Å². The van der Waals surface area contributed by atoms with Gasteiger partial charge in [0.2, 0.25) is 5.16 Å². The van der Waals surface area contributed by atoms with Crippen molar-refractivity contribution in [1.82, 2.24) is 14.9 Å². The number of para-hydroxylation sites is 1. The maximum absolute atomic E-state index is 12.9. The van der Waals surface area contributed by atoms with Crippen LogP contribution in [0.25, 0.3) is 0 Å². The number of rotatable bonds is 7. The van der Waals surface area contributed by atoms with Gasteiger partial charge >= 0.3 is 0 Å². The van der Waals surface area contributed by atoms with E-state index in [4.69, 9.17) is 10.6 Å². The minimum Gasteiger partial charge on any atom is -0.496 e. The van der Waals surface area contributed by atoms with Crippen molar-refractivity contribution in [3.05, 3.63) is 65.5 Å². The van der Waals surface area contributed by atoms with Crippen LogP contribution in [0.5, 0.6) is 5.75 Å². The molecule has 134 valence electrons. The van der Waals surface area contributed by atoms with Crippen molar-refractivity contribution in [2.75, 3.05) is 18.4 Å². The van der Waals surface area contributed by atoms with E-state index in [0.29, 0.717) is 22.6 Å². The standard InChI is InChI=1S/C17H17FN6OS/c1-25-15-5-3-2-4-13(15)10-20-21-16-22-23-17(24(16)19)26-11-12-6-8-14(18)9-7-12/h2-10H,11,19H2,1H3,(H,21,22)/b20-10+. The Morgan fingerprint density at radius 3 is 2.77 bits per heavy atom. The summed E-state index contributed by atoms with van der Waals surface area (Å²) in [6, 6.07) is 13.8. The molecule has 3 aromatic rings. The summed E-state index contributed by atoms with van der Waals surface area (Å²) >= 11 is 1.39. The van der Waals surface area contributed by atoms with E-state index in [2.05, 4.69) is 20.7 Å². The highest BCUT2D eigenvalue weighted by atomic mass is 32.2. The van der Waals surface area contributed by atoms with Crippen LogP contribution in [-0.2, 0) is 5.75 Å².